The van der Waals surface area contributed by atoms with E-state index >= 15 is 0 Å². The first-order valence-electron chi connectivity index (χ1n) is 10.6. The molecule has 0 bridgehead atoms. The van der Waals surface area contributed by atoms with Crippen molar-refractivity contribution in [3.63, 3.8) is 0 Å². The maximum Gasteiger partial charge on any atom is 0.293 e. The zero-order valence-corrected chi connectivity index (χ0v) is 21.5. The Morgan fingerprint density at radius 1 is 1.00 bits per heavy atom. The summed E-state index contributed by atoms with van der Waals surface area (Å²) in [5, 5.41) is 0.196. The molecule has 0 N–H and O–H groups in total. The topological polar surface area (TPSA) is 55.8 Å². The van der Waals surface area contributed by atoms with E-state index in [1.54, 1.807) is 18.2 Å². The van der Waals surface area contributed by atoms with Crippen molar-refractivity contribution in [3.8, 4) is 11.5 Å². The number of carbonyl (C=O) groups excluding carboxylic acids is 2. The molecule has 3 aromatic carbocycles. The van der Waals surface area contributed by atoms with Gasteiger partial charge in [0.2, 0.25) is 0 Å². The lowest BCUT2D eigenvalue weighted by molar-refractivity contribution is -0.123. The summed E-state index contributed by atoms with van der Waals surface area (Å²) < 4.78 is 12.7. The van der Waals surface area contributed by atoms with Crippen LogP contribution < -0.4 is 9.47 Å². The molecule has 1 heterocycles. The van der Waals surface area contributed by atoms with Crippen LogP contribution in [0.4, 0.5) is 4.79 Å². The van der Waals surface area contributed by atoms with Crippen molar-refractivity contribution >= 4 is 56.5 Å². The predicted octanol–water partition coefficient (Wildman–Crippen LogP) is 7.32. The van der Waals surface area contributed by atoms with Crippen molar-refractivity contribution in [1.29, 1.82) is 0 Å². The van der Waals surface area contributed by atoms with Crippen LogP contribution in [-0.4, -0.2) is 22.7 Å². The van der Waals surface area contributed by atoms with Crippen molar-refractivity contribution in [1.82, 2.24) is 4.90 Å². The fourth-order valence-electron chi connectivity index (χ4n) is 3.33. The number of ether oxygens (including phenoxy) is 2. The fourth-order valence-corrected chi connectivity index (χ4v) is 4.63. The summed E-state index contributed by atoms with van der Waals surface area (Å²) in [5.41, 5.74) is 2.49. The van der Waals surface area contributed by atoms with Crippen molar-refractivity contribution in [2.75, 3.05) is 6.61 Å². The first-order chi connectivity index (χ1) is 16.4. The van der Waals surface area contributed by atoms with E-state index in [0.717, 1.165) is 32.9 Å². The van der Waals surface area contributed by atoms with E-state index in [9.17, 15) is 9.59 Å². The van der Waals surface area contributed by atoms with Crippen LogP contribution in [0.2, 0.25) is 5.02 Å². The highest BCUT2D eigenvalue weighted by molar-refractivity contribution is 9.10. The smallest absolute Gasteiger partial charge is 0.293 e. The van der Waals surface area contributed by atoms with Gasteiger partial charge < -0.3 is 9.47 Å². The van der Waals surface area contributed by atoms with Crippen LogP contribution in [0.3, 0.4) is 0 Å². The normalized spacial score (nSPS) is 14.7. The van der Waals surface area contributed by atoms with Crippen molar-refractivity contribution in [2.45, 2.75) is 20.1 Å². The molecule has 3 aromatic rings. The predicted molar refractivity (Wildman–Crippen MR) is 139 cm³/mol. The number of imide groups is 1. The molecule has 2 amide bonds. The largest absolute Gasteiger partial charge is 0.490 e. The first-order valence-corrected chi connectivity index (χ1v) is 12.6. The summed E-state index contributed by atoms with van der Waals surface area (Å²) in [6.45, 7) is 2.89. The molecule has 0 unspecified atom stereocenters. The summed E-state index contributed by atoms with van der Waals surface area (Å²) in [6.07, 6.45) is 1.69. The number of rotatable bonds is 8. The Bertz CT molecular complexity index is 1250. The molecule has 0 saturated carbocycles. The Hall–Kier alpha value is -2.74. The number of hydrogen-bond donors (Lipinski definition) is 0. The zero-order valence-electron chi connectivity index (χ0n) is 18.3. The lowest BCUT2D eigenvalue weighted by Crippen LogP contribution is -2.27. The Morgan fingerprint density at radius 2 is 1.76 bits per heavy atom. The molecule has 34 heavy (non-hydrogen) atoms. The maximum atomic E-state index is 12.9. The SMILES string of the molecule is CCOc1cc(/C=C2\SC(=O)N(Cc3ccccc3Cl)C2=O)ccc1OCc1ccc(Br)cc1. The molecule has 0 atom stereocenters. The van der Waals surface area contributed by atoms with Gasteiger partial charge >= 0.3 is 0 Å². The molecule has 8 heteroatoms. The Labute approximate surface area is 215 Å². The van der Waals surface area contributed by atoms with Crippen LogP contribution in [0.25, 0.3) is 6.08 Å². The summed E-state index contributed by atoms with van der Waals surface area (Å²) in [6, 6.07) is 20.5. The lowest BCUT2D eigenvalue weighted by atomic mass is 10.1. The number of halogens is 2. The maximum absolute atomic E-state index is 12.9. The number of thioether (sulfide) groups is 1. The number of hydrogen-bond acceptors (Lipinski definition) is 5. The molecule has 1 saturated heterocycles. The van der Waals surface area contributed by atoms with Gasteiger partial charge in [-0.2, -0.15) is 0 Å². The Kier molecular flexibility index (Phi) is 7.98. The number of amides is 2. The van der Waals surface area contributed by atoms with E-state index in [4.69, 9.17) is 21.1 Å². The van der Waals surface area contributed by atoms with Crippen molar-refractivity contribution < 1.29 is 19.1 Å². The van der Waals surface area contributed by atoms with E-state index < -0.39 is 0 Å². The van der Waals surface area contributed by atoms with Gasteiger partial charge in [-0.15, -0.1) is 0 Å². The second kappa shape index (κ2) is 11.1. The van der Waals surface area contributed by atoms with Gasteiger partial charge in [-0.05, 0) is 71.8 Å². The monoisotopic (exact) mass is 557 g/mol. The van der Waals surface area contributed by atoms with E-state index in [1.165, 1.54) is 4.90 Å². The lowest BCUT2D eigenvalue weighted by Gasteiger charge is -2.14. The van der Waals surface area contributed by atoms with Gasteiger partial charge in [0.15, 0.2) is 11.5 Å². The quantitative estimate of drug-likeness (QED) is 0.271. The fraction of sp³-hybridized carbons (Fsp3) is 0.154. The number of nitrogens with zero attached hydrogens (tertiary/aromatic N) is 1. The third-order valence-electron chi connectivity index (χ3n) is 5.03. The van der Waals surface area contributed by atoms with E-state index in [1.807, 2.05) is 61.5 Å². The molecule has 4 rings (SSSR count). The van der Waals surface area contributed by atoms with Gasteiger partial charge in [0.25, 0.3) is 11.1 Å². The van der Waals surface area contributed by atoms with E-state index in [2.05, 4.69) is 15.9 Å². The molecule has 174 valence electrons. The minimum atomic E-state index is -0.344. The number of carbonyl (C=O) groups is 2. The summed E-state index contributed by atoms with van der Waals surface area (Å²) in [4.78, 5) is 27.0. The van der Waals surface area contributed by atoms with Gasteiger partial charge in [0.1, 0.15) is 6.61 Å². The third-order valence-corrected chi connectivity index (χ3v) is 6.84. The van der Waals surface area contributed by atoms with Crippen molar-refractivity contribution in [3.05, 3.63) is 97.8 Å². The molecular weight excluding hydrogens is 538 g/mol. The molecule has 1 aliphatic rings. The number of benzene rings is 3. The molecular formula is C26H21BrClNO4S. The first kappa shape index (κ1) is 24.4. The molecule has 0 radical (unpaired) electrons. The molecule has 0 aromatic heterocycles. The molecule has 1 fully saturated rings. The van der Waals surface area contributed by atoms with Crippen LogP contribution in [0.15, 0.2) is 76.1 Å². The van der Waals surface area contributed by atoms with Gasteiger partial charge in [0, 0.05) is 9.50 Å². The average molecular weight is 559 g/mol. The highest BCUT2D eigenvalue weighted by Gasteiger charge is 2.35. The Morgan fingerprint density at radius 3 is 2.50 bits per heavy atom. The van der Waals surface area contributed by atoms with Crippen LogP contribution in [-0.2, 0) is 17.9 Å². The van der Waals surface area contributed by atoms with Gasteiger partial charge in [-0.3, -0.25) is 14.5 Å². The molecule has 1 aliphatic heterocycles. The van der Waals surface area contributed by atoms with Crippen LogP contribution in [0.5, 0.6) is 11.5 Å². The average Bonchev–Trinajstić information content (AvgIpc) is 3.08. The standard InChI is InChI=1S/C26H21BrClNO4S/c1-2-32-23-13-18(9-12-22(23)33-16-17-7-10-20(27)11-8-17)14-24-25(30)29(26(31)34-24)15-19-5-3-4-6-21(19)28/h3-14H,2,15-16H2,1H3/b24-14-. The zero-order chi connectivity index (χ0) is 24.1. The van der Waals surface area contributed by atoms with Gasteiger partial charge in [-0.25, -0.2) is 0 Å². The minimum absolute atomic E-state index is 0.134. The summed E-state index contributed by atoms with van der Waals surface area (Å²) >= 11 is 10.5. The minimum Gasteiger partial charge on any atom is -0.490 e. The van der Waals surface area contributed by atoms with Crippen LogP contribution in [0.1, 0.15) is 23.6 Å². The summed E-state index contributed by atoms with van der Waals surface area (Å²) in [7, 11) is 0. The van der Waals surface area contributed by atoms with Crippen LogP contribution in [0, 0.1) is 0 Å². The van der Waals surface area contributed by atoms with Gasteiger partial charge in [0.05, 0.1) is 18.1 Å². The Balaban J connectivity index is 1.51. The highest BCUT2D eigenvalue weighted by atomic mass is 79.9. The van der Waals surface area contributed by atoms with Crippen molar-refractivity contribution in [2.24, 2.45) is 0 Å². The second-order valence-electron chi connectivity index (χ2n) is 7.41. The highest BCUT2D eigenvalue weighted by Crippen LogP contribution is 2.36. The summed E-state index contributed by atoms with van der Waals surface area (Å²) in [5.74, 6) is 0.834. The van der Waals surface area contributed by atoms with E-state index in [0.29, 0.717) is 34.6 Å². The van der Waals surface area contributed by atoms with Crippen LogP contribution >= 0.6 is 39.3 Å². The van der Waals surface area contributed by atoms with E-state index in [-0.39, 0.29) is 17.7 Å². The molecule has 0 aliphatic carbocycles. The van der Waals surface area contributed by atoms with Gasteiger partial charge in [-0.1, -0.05) is 63.9 Å². The molecule has 5 nitrogen and oxygen atoms in total. The third kappa shape index (κ3) is 5.84. The molecule has 0 spiro atoms. The second-order valence-corrected chi connectivity index (χ2v) is 9.73.